The lowest BCUT2D eigenvalue weighted by Crippen LogP contribution is -2.35. The molecule has 0 radical (unpaired) electrons. The number of carbonyl (C=O) groups is 1. The van der Waals surface area contributed by atoms with Gasteiger partial charge in [0, 0.05) is 11.0 Å². The SMILES string of the molecule is COc1ccc(Br)cc1C(=O)N1CCCCO1. The molecule has 0 spiro atoms. The highest BCUT2D eigenvalue weighted by Gasteiger charge is 2.22. The molecule has 0 bridgehead atoms. The van der Waals surface area contributed by atoms with E-state index in [9.17, 15) is 4.79 Å². The van der Waals surface area contributed by atoms with Gasteiger partial charge in [0.25, 0.3) is 5.91 Å². The Bertz CT molecular complexity index is 416. The van der Waals surface area contributed by atoms with Crippen LogP contribution >= 0.6 is 15.9 Å². The first kappa shape index (κ1) is 12.4. The molecule has 0 aromatic heterocycles. The lowest BCUT2D eigenvalue weighted by Gasteiger charge is -2.26. The third-order valence-electron chi connectivity index (χ3n) is 2.62. The largest absolute Gasteiger partial charge is 0.496 e. The number of amides is 1. The van der Waals surface area contributed by atoms with Gasteiger partial charge in [0.05, 0.1) is 19.3 Å². The van der Waals surface area contributed by atoms with Crippen LogP contribution in [0.25, 0.3) is 0 Å². The van der Waals surface area contributed by atoms with Crippen molar-refractivity contribution < 1.29 is 14.4 Å². The topological polar surface area (TPSA) is 38.8 Å². The van der Waals surface area contributed by atoms with Crippen LogP contribution in [-0.4, -0.2) is 31.2 Å². The summed E-state index contributed by atoms with van der Waals surface area (Å²) in [4.78, 5) is 17.6. The zero-order valence-corrected chi connectivity index (χ0v) is 11.2. The molecule has 1 aromatic rings. The molecule has 1 heterocycles. The number of hydroxylamine groups is 2. The molecule has 0 unspecified atom stereocenters. The van der Waals surface area contributed by atoms with Crippen molar-refractivity contribution in [3.05, 3.63) is 28.2 Å². The van der Waals surface area contributed by atoms with E-state index in [4.69, 9.17) is 9.57 Å². The van der Waals surface area contributed by atoms with Crippen LogP contribution in [0.15, 0.2) is 22.7 Å². The quantitative estimate of drug-likeness (QED) is 0.843. The number of hydrogen-bond acceptors (Lipinski definition) is 3. The van der Waals surface area contributed by atoms with E-state index in [-0.39, 0.29) is 5.91 Å². The molecule has 4 nitrogen and oxygen atoms in total. The number of methoxy groups -OCH3 is 1. The van der Waals surface area contributed by atoms with Crippen LogP contribution in [0.1, 0.15) is 23.2 Å². The van der Waals surface area contributed by atoms with Gasteiger partial charge in [0.2, 0.25) is 0 Å². The molecule has 2 rings (SSSR count). The van der Waals surface area contributed by atoms with Crippen LogP contribution in [0, 0.1) is 0 Å². The lowest BCUT2D eigenvalue weighted by molar-refractivity contribution is -0.144. The second-order valence-corrected chi connectivity index (χ2v) is 4.71. The van der Waals surface area contributed by atoms with Gasteiger partial charge in [-0.15, -0.1) is 0 Å². The average molecular weight is 300 g/mol. The van der Waals surface area contributed by atoms with Gasteiger partial charge in [-0.3, -0.25) is 9.63 Å². The summed E-state index contributed by atoms with van der Waals surface area (Å²) < 4.78 is 6.03. The fraction of sp³-hybridized carbons (Fsp3) is 0.417. The van der Waals surface area contributed by atoms with Crippen LogP contribution in [0.5, 0.6) is 5.75 Å². The third kappa shape index (κ3) is 2.79. The van der Waals surface area contributed by atoms with Crippen molar-refractivity contribution >= 4 is 21.8 Å². The first-order valence-corrected chi connectivity index (χ1v) is 6.30. The van der Waals surface area contributed by atoms with E-state index in [0.29, 0.717) is 24.5 Å². The van der Waals surface area contributed by atoms with Crippen molar-refractivity contribution in [3.8, 4) is 5.75 Å². The number of hydrogen-bond donors (Lipinski definition) is 0. The number of ether oxygens (including phenoxy) is 1. The normalized spacial score (nSPS) is 15.8. The Hall–Kier alpha value is -1.07. The minimum Gasteiger partial charge on any atom is -0.496 e. The van der Waals surface area contributed by atoms with Crippen molar-refractivity contribution in [2.45, 2.75) is 12.8 Å². The van der Waals surface area contributed by atoms with Crippen LogP contribution < -0.4 is 4.74 Å². The molecule has 1 fully saturated rings. The maximum Gasteiger partial charge on any atom is 0.281 e. The van der Waals surface area contributed by atoms with Gasteiger partial charge in [-0.05, 0) is 31.0 Å². The number of carbonyl (C=O) groups excluding carboxylic acids is 1. The Labute approximate surface area is 109 Å². The van der Waals surface area contributed by atoms with Gasteiger partial charge in [0.1, 0.15) is 5.75 Å². The van der Waals surface area contributed by atoms with Gasteiger partial charge in [-0.2, -0.15) is 0 Å². The Morgan fingerprint density at radius 3 is 2.94 bits per heavy atom. The van der Waals surface area contributed by atoms with Gasteiger partial charge >= 0.3 is 0 Å². The molecule has 1 aliphatic rings. The van der Waals surface area contributed by atoms with Crippen LogP contribution in [0.2, 0.25) is 0 Å². The van der Waals surface area contributed by atoms with E-state index < -0.39 is 0 Å². The first-order valence-electron chi connectivity index (χ1n) is 5.50. The van der Waals surface area contributed by atoms with Crippen molar-refractivity contribution in [3.63, 3.8) is 0 Å². The Morgan fingerprint density at radius 1 is 1.47 bits per heavy atom. The number of rotatable bonds is 2. The van der Waals surface area contributed by atoms with Crippen LogP contribution in [0.4, 0.5) is 0 Å². The van der Waals surface area contributed by atoms with Crippen molar-refractivity contribution in [2.24, 2.45) is 0 Å². The molecule has 0 saturated carbocycles. The highest BCUT2D eigenvalue weighted by Crippen LogP contribution is 2.25. The summed E-state index contributed by atoms with van der Waals surface area (Å²) in [5.74, 6) is 0.412. The molecule has 0 atom stereocenters. The Morgan fingerprint density at radius 2 is 2.29 bits per heavy atom. The monoisotopic (exact) mass is 299 g/mol. The van der Waals surface area contributed by atoms with E-state index in [1.807, 2.05) is 6.07 Å². The molecule has 0 N–H and O–H groups in total. The summed E-state index contributed by atoms with van der Waals surface area (Å²) in [6, 6.07) is 5.35. The molecule has 1 aliphatic heterocycles. The summed E-state index contributed by atoms with van der Waals surface area (Å²) >= 11 is 3.35. The molecule has 17 heavy (non-hydrogen) atoms. The molecule has 1 amide bonds. The van der Waals surface area contributed by atoms with E-state index in [1.165, 1.54) is 5.06 Å². The van der Waals surface area contributed by atoms with Crippen molar-refractivity contribution in [2.75, 3.05) is 20.3 Å². The lowest BCUT2D eigenvalue weighted by atomic mass is 10.1. The molecule has 0 aliphatic carbocycles. The minimum atomic E-state index is -0.150. The highest BCUT2D eigenvalue weighted by atomic mass is 79.9. The Kier molecular flexibility index (Phi) is 4.02. The van der Waals surface area contributed by atoms with Gasteiger partial charge in [-0.25, -0.2) is 5.06 Å². The predicted octanol–water partition coefficient (Wildman–Crippen LogP) is 2.63. The summed E-state index contributed by atoms with van der Waals surface area (Å²) in [6.07, 6.45) is 1.97. The zero-order chi connectivity index (χ0) is 12.3. The summed E-state index contributed by atoms with van der Waals surface area (Å²) in [7, 11) is 1.55. The number of halogens is 1. The summed E-state index contributed by atoms with van der Waals surface area (Å²) in [5.41, 5.74) is 0.517. The van der Waals surface area contributed by atoms with Gasteiger partial charge < -0.3 is 4.74 Å². The number of nitrogens with zero attached hydrogens (tertiary/aromatic N) is 1. The minimum absolute atomic E-state index is 0.150. The fourth-order valence-electron chi connectivity index (χ4n) is 1.74. The second-order valence-electron chi connectivity index (χ2n) is 3.79. The van der Waals surface area contributed by atoms with E-state index in [0.717, 1.165) is 17.3 Å². The van der Waals surface area contributed by atoms with Crippen molar-refractivity contribution in [1.29, 1.82) is 0 Å². The zero-order valence-electron chi connectivity index (χ0n) is 9.61. The van der Waals surface area contributed by atoms with Gasteiger partial charge in [-0.1, -0.05) is 15.9 Å². The van der Waals surface area contributed by atoms with E-state index >= 15 is 0 Å². The first-order chi connectivity index (χ1) is 8.22. The molecular weight excluding hydrogens is 286 g/mol. The average Bonchev–Trinajstić information content (AvgIpc) is 2.39. The Balaban J connectivity index is 2.25. The van der Waals surface area contributed by atoms with Crippen molar-refractivity contribution in [1.82, 2.24) is 5.06 Å². The third-order valence-corrected chi connectivity index (χ3v) is 3.11. The summed E-state index contributed by atoms with van der Waals surface area (Å²) in [5, 5.41) is 1.41. The molecule has 92 valence electrons. The summed E-state index contributed by atoms with van der Waals surface area (Å²) in [6.45, 7) is 1.23. The van der Waals surface area contributed by atoms with Gasteiger partial charge in [0.15, 0.2) is 0 Å². The number of benzene rings is 1. The molecule has 5 heteroatoms. The van der Waals surface area contributed by atoms with E-state index in [1.54, 1.807) is 19.2 Å². The maximum absolute atomic E-state index is 12.2. The highest BCUT2D eigenvalue weighted by molar-refractivity contribution is 9.10. The molecule has 1 aromatic carbocycles. The molecular formula is C12H14BrNO3. The predicted molar refractivity (Wildman–Crippen MR) is 66.9 cm³/mol. The molecule has 1 saturated heterocycles. The van der Waals surface area contributed by atoms with Crippen LogP contribution in [0.3, 0.4) is 0 Å². The fourth-order valence-corrected chi connectivity index (χ4v) is 2.10. The van der Waals surface area contributed by atoms with Crippen LogP contribution in [-0.2, 0) is 4.84 Å². The standard InChI is InChI=1S/C12H14BrNO3/c1-16-11-5-4-9(13)8-10(11)12(15)14-6-2-3-7-17-14/h4-5,8H,2-3,6-7H2,1H3. The smallest absolute Gasteiger partial charge is 0.281 e. The van der Waals surface area contributed by atoms with E-state index in [2.05, 4.69) is 15.9 Å². The second kappa shape index (κ2) is 5.51. The maximum atomic E-state index is 12.2.